The molecule has 0 fully saturated rings. The van der Waals surface area contributed by atoms with Gasteiger partial charge in [0, 0.05) is 12.6 Å². The molecule has 1 rings (SSSR count). The van der Waals surface area contributed by atoms with Gasteiger partial charge in [0.2, 0.25) is 10.0 Å². The molecule has 0 spiro atoms. The van der Waals surface area contributed by atoms with Crippen molar-refractivity contribution in [2.75, 3.05) is 6.54 Å². The van der Waals surface area contributed by atoms with Crippen molar-refractivity contribution in [3.8, 4) is 0 Å². The van der Waals surface area contributed by atoms with Crippen LogP contribution in [0.5, 0.6) is 0 Å². The average Bonchev–Trinajstić information content (AvgIpc) is 2.37. The number of para-hydroxylation sites is 1. The Labute approximate surface area is 118 Å². The third kappa shape index (κ3) is 4.14. The van der Waals surface area contributed by atoms with Crippen LogP contribution in [0.3, 0.4) is 0 Å². The van der Waals surface area contributed by atoms with Crippen molar-refractivity contribution >= 4 is 15.7 Å². The number of hydrogen-bond donors (Lipinski definition) is 1. The van der Waals surface area contributed by atoms with Crippen molar-refractivity contribution in [3.05, 3.63) is 47.0 Å². The highest BCUT2D eigenvalue weighted by Crippen LogP contribution is 2.24. The molecule has 7 heteroatoms. The molecule has 1 N–H and O–H groups in total. The molecule has 0 aliphatic heterocycles. The maximum Gasteiger partial charge on any atom is 0.289 e. The Bertz CT molecular complexity index is 609. The summed E-state index contributed by atoms with van der Waals surface area (Å²) in [6.07, 6.45) is 2.34. The second kappa shape index (κ2) is 6.15. The fraction of sp³-hybridized carbons (Fsp3) is 0.385. The van der Waals surface area contributed by atoms with E-state index in [2.05, 4.69) is 11.3 Å². The summed E-state index contributed by atoms with van der Waals surface area (Å²) in [6, 6.07) is 5.28. The van der Waals surface area contributed by atoms with Crippen LogP contribution < -0.4 is 4.72 Å². The first-order valence-corrected chi connectivity index (χ1v) is 7.52. The normalized spacial score (nSPS) is 12.1. The predicted octanol–water partition coefficient (Wildman–Crippen LogP) is 2.48. The van der Waals surface area contributed by atoms with Crippen molar-refractivity contribution in [2.24, 2.45) is 5.41 Å². The van der Waals surface area contributed by atoms with E-state index in [1.165, 1.54) is 24.3 Å². The lowest BCUT2D eigenvalue weighted by Gasteiger charge is -2.23. The fourth-order valence-corrected chi connectivity index (χ4v) is 3.08. The second-order valence-electron chi connectivity index (χ2n) is 5.21. The third-order valence-corrected chi connectivity index (χ3v) is 4.24. The summed E-state index contributed by atoms with van der Waals surface area (Å²) >= 11 is 0. The molecule has 20 heavy (non-hydrogen) atoms. The summed E-state index contributed by atoms with van der Waals surface area (Å²) in [6.45, 7) is 7.56. The summed E-state index contributed by atoms with van der Waals surface area (Å²) < 4.78 is 26.7. The van der Waals surface area contributed by atoms with E-state index in [9.17, 15) is 18.5 Å². The molecule has 1 aromatic carbocycles. The summed E-state index contributed by atoms with van der Waals surface area (Å²) in [4.78, 5) is 9.85. The molecule has 0 aliphatic carbocycles. The van der Waals surface area contributed by atoms with Crippen LogP contribution in [0.1, 0.15) is 20.3 Å². The molecule has 0 saturated carbocycles. The Balaban J connectivity index is 3.01. The van der Waals surface area contributed by atoms with Gasteiger partial charge in [-0.2, -0.15) is 0 Å². The number of nitro groups is 1. The minimum absolute atomic E-state index is 0.174. The zero-order valence-corrected chi connectivity index (χ0v) is 12.3. The molecule has 0 amide bonds. The predicted molar refractivity (Wildman–Crippen MR) is 76.9 cm³/mol. The number of nitrogens with zero attached hydrogens (tertiary/aromatic N) is 1. The van der Waals surface area contributed by atoms with Gasteiger partial charge in [0.1, 0.15) is 0 Å². The molecule has 0 saturated heterocycles. The number of nitro benzene ring substituents is 1. The lowest BCUT2D eigenvalue weighted by Crippen LogP contribution is -2.34. The molecule has 0 unspecified atom stereocenters. The van der Waals surface area contributed by atoms with Crippen LogP contribution in [0.15, 0.2) is 41.8 Å². The summed E-state index contributed by atoms with van der Waals surface area (Å²) in [5, 5.41) is 10.9. The van der Waals surface area contributed by atoms with E-state index < -0.39 is 20.6 Å². The van der Waals surface area contributed by atoms with Gasteiger partial charge in [-0.25, -0.2) is 13.1 Å². The van der Waals surface area contributed by atoms with Gasteiger partial charge in [0.05, 0.1) is 4.92 Å². The molecular weight excluding hydrogens is 280 g/mol. The Morgan fingerprint density at radius 2 is 2.00 bits per heavy atom. The number of sulfonamides is 1. The summed E-state index contributed by atoms with van der Waals surface area (Å²) in [5.74, 6) is 0. The zero-order chi connectivity index (χ0) is 15.4. The van der Waals surface area contributed by atoms with Crippen LogP contribution in [-0.4, -0.2) is 19.9 Å². The van der Waals surface area contributed by atoms with Crippen molar-refractivity contribution < 1.29 is 13.3 Å². The summed E-state index contributed by atoms with van der Waals surface area (Å²) in [7, 11) is -3.91. The van der Waals surface area contributed by atoms with Gasteiger partial charge in [-0.05, 0) is 17.9 Å². The van der Waals surface area contributed by atoms with Gasteiger partial charge in [-0.15, -0.1) is 6.58 Å². The van der Waals surface area contributed by atoms with E-state index in [0.29, 0.717) is 6.42 Å². The molecular formula is C13H18N2O4S. The molecule has 1 aromatic rings. The van der Waals surface area contributed by atoms with Gasteiger partial charge < -0.3 is 0 Å². The lowest BCUT2D eigenvalue weighted by molar-refractivity contribution is -0.387. The van der Waals surface area contributed by atoms with E-state index in [1.807, 2.05) is 13.8 Å². The maximum atomic E-state index is 12.2. The first-order chi connectivity index (χ1) is 9.19. The van der Waals surface area contributed by atoms with Gasteiger partial charge >= 0.3 is 0 Å². The molecule has 6 nitrogen and oxygen atoms in total. The van der Waals surface area contributed by atoms with Crippen LogP contribution in [0.25, 0.3) is 0 Å². The lowest BCUT2D eigenvalue weighted by atomic mass is 9.90. The largest absolute Gasteiger partial charge is 0.289 e. The molecule has 110 valence electrons. The fourth-order valence-electron chi connectivity index (χ4n) is 1.67. The Kier molecular flexibility index (Phi) is 5.02. The highest BCUT2D eigenvalue weighted by atomic mass is 32.2. The third-order valence-electron chi connectivity index (χ3n) is 2.79. The van der Waals surface area contributed by atoms with Crippen LogP contribution in [0.4, 0.5) is 5.69 Å². The van der Waals surface area contributed by atoms with E-state index >= 15 is 0 Å². The van der Waals surface area contributed by atoms with E-state index in [1.54, 1.807) is 6.08 Å². The van der Waals surface area contributed by atoms with Gasteiger partial charge in [0.15, 0.2) is 4.90 Å². The second-order valence-corrected chi connectivity index (χ2v) is 6.94. The van der Waals surface area contributed by atoms with Gasteiger partial charge in [0.25, 0.3) is 5.69 Å². The average molecular weight is 298 g/mol. The molecule has 0 aliphatic rings. The Hall–Kier alpha value is -1.73. The number of rotatable bonds is 7. The standard InChI is InChI=1S/C13H18N2O4S/c1-4-9-13(2,3)10-14-20(18,19)12-8-6-5-7-11(12)15(16)17/h4-8,14H,1,9-10H2,2-3H3. The van der Waals surface area contributed by atoms with E-state index in [0.717, 1.165) is 0 Å². The van der Waals surface area contributed by atoms with Crippen LogP contribution >= 0.6 is 0 Å². The van der Waals surface area contributed by atoms with E-state index in [-0.39, 0.29) is 16.9 Å². The Morgan fingerprint density at radius 1 is 1.40 bits per heavy atom. The van der Waals surface area contributed by atoms with Gasteiger partial charge in [-0.3, -0.25) is 10.1 Å². The Morgan fingerprint density at radius 3 is 2.55 bits per heavy atom. The quantitative estimate of drug-likeness (QED) is 0.475. The smallest absolute Gasteiger partial charge is 0.258 e. The number of allylic oxidation sites excluding steroid dienone is 1. The number of hydrogen-bond acceptors (Lipinski definition) is 4. The van der Waals surface area contributed by atoms with Crippen LogP contribution in [0, 0.1) is 15.5 Å². The highest BCUT2D eigenvalue weighted by molar-refractivity contribution is 7.89. The monoisotopic (exact) mass is 298 g/mol. The van der Waals surface area contributed by atoms with Crippen LogP contribution in [-0.2, 0) is 10.0 Å². The summed E-state index contributed by atoms with van der Waals surface area (Å²) in [5.41, 5.74) is -0.736. The first-order valence-electron chi connectivity index (χ1n) is 6.03. The van der Waals surface area contributed by atoms with Gasteiger partial charge in [-0.1, -0.05) is 32.1 Å². The van der Waals surface area contributed by atoms with Crippen molar-refractivity contribution in [2.45, 2.75) is 25.2 Å². The molecule has 0 radical (unpaired) electrons. The SMILES string of the molecule is C=CCC(C)(C)CNS(=O)(=O)c1ccccc1[N+](=O)[O-]. The van der Waals surface area contributed by atoms with Crippen molar-refractivity contribution in [1.29, 1.82) is 0 Å². The first kappa shape index (κ1) is 16.3. The maximum absolute atomic E-state index is 12.2. The molecule has 0 heterocycles. The minimum Gasteiger partial charge on any atom is -0.258 e. The van der Waals surface area contributed by atoms with Crippen molar-refractivity contribution in [1.82, 2.24) is 4.72 Å². The zero-order valence-electron chi connectivity index (χ0n) is 11.5. The van der Waals surface area contributed by atoms with E-state index in [4.69, 9.17) is 0 Å². The molecule has 0 atom stereocenters. The topological polar surface area (TPSA) is 89.3 Å². The van der Waals surface area contributed by atoms with Crippen molar-refractivity contribution in [3.63, 3.8) is 0 Å². The minimum atomic E-state index is -3.91. The number of nitrogens with one attached hydrogen (secondary N) is 1. The highest BCUT2D eigenvalue weighted by Gasteiger charge is 2.27. The molecule has 0 aromatic heterocycles. The number of benzene rings is 1. The van der Waals surface area contributed by atoms with Crippen LogP contribution in [0.2, 0.25) is 0 Å². The molecule has 0 bridgehead atoms.